The van der Waals surface area contributed by atoms with Gasteiger partial charge in [0.1, 0.15) is 17.3 Å². The van der Waals surface area contributed by atoms with Crippen LogP contribution >= 0.6 is 11.8 Å². The summed E-state index contributed by atoms with van der Waals surface area (Å²) in [6.07, 6.45) is 3.66. The number of para-hydroxylation sites is 2. The van der Waals surface area contributed by atoms with Crippen molar-refractivity contribution in [1.82, 2.24) is 25.1 Å². The van der Waals surface area contributed by atoms with Crippen molar-refractivity contribution in [2.75, 3.05) is 38.4 Å². The van der Waals surface area contributed by atoms with Crippen LogP contribution in [0.5, 0.6) is 11.5 Å². The first-order chi connectivity index (χ1) is 16.7. The number of methoxy groups -OCH3 is 1. The number of fused-ring (bicyclic) bond motifs is 1. The van der Waals surface area contributed by atoms with Gasteiger partial charge in [-0.3, -0.25) is 4.79 Å². The molecule has 2 aromatic carbocycles. The van der Waals surface area contributed by atoms with E-state index in [-0.39, 0.29) is 5.91 Å². The quantitative estimate of drug-likeness (QED) is 0.190. The van der Waals surface area contributed by atoms with Crippen molar-refractivity contribution in [3.63, 3.8) is 0 Å². The van der Waals surface area contributed by atoms with E-state index in [1.54, 1.807) is 30.1 Å². The van der Waals surface area contributed by atoms with Crippen LogP contribution in [0, 0.1) is 0 Å². The molecule has 9 nitrogen and oxygen atoms in total. The Morgan fingerprint density at radius 2 is 1.85 bits per heavy atom. The monoisotopic (exact) mass is 478 g/mol. The van der Waals surface area contributed by atoms with E-state index in [4.69, 9.17) is 9.47 Å². The summed E-state index contributed by atoms with van der Waals surface area (Å²) in [7, 11) is 1.66. The number of aromatic nitrogens is 4. The number of hydrogen-bond acceptors (Lipinski definition) is 8. The van der Waals surface area contributed by atoms with E-state index in [1.807, 2.05) is 48.7 Å². The first kappa shape index (κ1) is 23.5. The lowest BCUT2D eigenvalue weighted by atomic mass is 10.2. The second kappa shape index (κ2) is 11.5. The molecular formula is C24H26N6O3S. The lowest BCUT2D eigenvalue weighted by molar-refractivity contribution is 0.0949. The van der Waals surface area contributed by atoms with Gasteiger partial charge in [0.2, 0.25) is 0 Å². The first-order valence-corrected chi connectivity index (χ1v) is 12.0. The molecule has 4 rings (SSSR count). The maximum absolute atomic E-state index is 12.9. The number of carbonyl (C=O) groups is 1. The highest BCUT2D eigenvalue weighted by atomic mass is 32.2. The Morgan fingerprint density at radius 3 is 2.65 bits per heavy atom. The standard InChI is InChI=1S/C24H26N6O3S/c1-32-15-13-25-21-19-16-27-30(22(19)29-24(28-21)34-2)14-12-26-23(31)18-10-6-7-11-20(18)33-17-8-4-3-5-9-17/h3-11,16H,12-15H2,1-2H3,(H,26,31)(H,25,28,29). The van der Waals surface area contributed by atoms with Gasteiger partial charge < -0.3 is 20.1 Å². The van der Waals surface area contributed by atoms with Crippen molar-refractivity contribution in [3.8, 4) is 11.5 Å². The molecule has 0 fully saturated rings. The predicted molar refractivity (Wildman–Crippen MR) is 133 cm³/mol. The number of nitrogens with one attached hydrogen (secondary N) is 2. The minimum Gasteiger partial charge on any atom is -0.457 e. The summed E-state index contributed by atoms with van der Waals surface area (Å²) in [5.74, 6) is 1.67. The maximum atomic E-state index is 12.9. The summed E-state index contributed by atoms with van der Waals surface area (Å²) in [5, 5.41) is 12.1. The van der Waals surface area contributed by atoms with E-state index >= 15 is 0 Å². The number of rotatable bonds is 11. The number of carbonyl (C=O) groups excluding carboxylic acids is 1. The zero-order valence-corrected chi connectivity index (χ0v) is 19.8. The Balaban J connectivity index is 1.44. The number of anilines is 1. The van der Waals surface area contributed by atoms with Gasteiger partial charge in [0, 0.05) is 20.2 Å². The summed E-state index contributed by atoms with van der Waals surface area (Å²) in [6, 6.07) is 16.6. The highest BCUT2D eigenvalue weighted by Crippen LogP contribution is 2.25. The van der Waals surface area contributed by atoms with Crippen molar-refractivity contribution < 1.29 is 14.3 Å². The van der Waals surface area contributed by atoms with E-state index < -0.39 is 0 Å². The molecule has 10 heteroatoms. The van der Waals surface area contributed by atoms with Gasteiger partial charge >= 0.3 is 0 Å². The van der Waals surface area contributed by atoms with Crippen molar-refractivity contribution in [2.45, 2.75) is 11.7 Å². The Morgan fingerprint density at radius 1 is 1.06 bits per heavy atom. The second-order valence-corrected chi connectivity index (χ2v) is 8.02. The highest BCUT2D eigenvalue weighted by molar-refractivity contribution is 7.98. The minimum absolute atomic E-state index is 0.218. The molecule has 0 aliphatic carbocycles. The molecule has 2 heterocycles. The fraction of sp³-hybridized carbons (Fsp3) is 0.250. The number of thioether (sulfide) groups is 1. The lowest BCUT2D eigenvalue weighted by Crippen LogP contribution is -2.27. The van der Waals surface area contributed by atoms with Crippen molar-refractivity contribution in [1.29, 1.82) is 0 Å². The molecule has 2 N–H and O–H groups in total. The number of benzene rings is 2. The fourth-order valence-corrected chi connectivity index (χ4v) is 3.69. The molecule has 4 aromatic rings. The molecule has 34 heavy (non-hydrogen) atoms. The summed E-state index contributed by atoms with van der Waals surface area (Å²) < 4.78 is 12.8. The third kappa shape index (κ3) is 5.64. The zero-order chi connectivity index (χ0) is 23.8. The molecule has 0 atom stereocenters. The van der Waals surface area contributed by atoms with E-state index in [2.05, 4.69) is 25.7 Å². The van der Waals surface area contributed by atoms with Gasteiger partial charge in [-0.25, -0.2) is 14.6 Å². The zero-order valence-electron chi connectivity index (χ0n) is 19.0. The molecule has 0 radical (unpaired) electrons. The molecular weight excluding hydrogens is 452 g/mol. The molecule has 176 valence electrons. The van der Waals surface area contributed by atoms with E-state index in [1.165, 1.54) is 11.8 Å². The molecule has 0 saturated heterocycles. The highest BCUT2D eigenvalue weighted by Gasteiger charge is 2.15. The van der Waals surface area contributed by atoms with Gasteiger partial charge in [-0.1, -0.05) is 42.1 Å². The lowest BCUT2D eigenvalue weighted by Gasteiger charge is -2.12. The minimum atomic E-state index is -0.218. The van der Waals surface area contributed by atoms with Crippen LogP contribution in [0.3, 0.4) is 0 Å². The summed E-state index contributed by atoms with van der Waals surface area (Å²) in [6.45, 7) is 2.03. The molecule has 2 aromatic heterocycles. The summed E-state index contributed by atoms with van der Waals surface area (Å²) >= 11 is 1.46. The Labute approximate surface area is 201 Å². The average Bonchev–Trinajstić information content (AvgIpc) is 3.28. The van der Waals surface area contributed by atoms with Gasteiger partial charge in [0.05, 0.1) is 30.3 Å². The van der Waals surface area contributed by atoms with Gasteiger partial charge in [0.25, 0.3) is 5.91 Å². The van der Waals surface area contributed by atoms with Crippen molar-refractivity contribution in [2.24, 2.45) is 0 Å². The van der Waals surface area contributed by atoms with E-state index in [0.29, 0.717) is 59.9 Å². The largest absolute Gasteiger partial charge is 0.457 e. The summed E-state index contributed by atoms with van der Waals surface area (Å²) in [5.41, 5.74) is 1.18. The number of ether oxygens (including phenoxy) is 2. The Hall–Kier alpha value is -3.63. The van der Waals surface area contributed by atoms with Crippen LogP contribution in [0.2, 0.25) is 0 Å². The van der Waals surface area contributed by atoms with Crippen LogP contribution in [0.4, 0.5) is 5.82 Å². The van der Waals surface area contributed by atoms with Gasteiger partial charge in [0.15, 0.2) is 10.8 Å². The molecule has 0 aliphatic heterocycles. The fourth-order valence-electron chi connectivity index (χ4n) is 3.33. The van der Waals surface area contributed by atoms with Gasteiger partial charge in [-0.05, 0) is 30.5 Å². The topological polar surface area (TPSA) is 103 Å². The van der Waals surface area contributed by atoms with Crippen LogP contribution < -0.4 is 15.4 Å². The summed E-state index contributed by atoms with van der Waals surface area (Å²) in [4.78, 5) is 22.0. The second-order valence-electron chi connectivity index (χ2n) is 7.25. The van der Waals surface area contributed by atoms with Gasteiger partial charge in [-0.15, -0.1) is 0 Å². The van der Waals surface area contributed by atoms with Crippen molar-refractivity contribution >= 4 is 34.5 Å². The Kier molecular flexibility index (Phi) is 7.95. The average molecular weight is 479 g/mol. The SMILES string of the molecule is COCCNc1nc(SC)nc2c1cnn2CCNC(=O)c1ccccc1Oc1ccccc1. The van der Waals surface area contributed by atoms with Crippen LogP contribution in [0.15, 0.2) is 66.0 Å². The molecule has 0 bridgehead atoms. The van der Waals surface area contributed by atoms with Crippen LogP contribution in [0.25, 0.3) is 11.0 Å². The maximum Gasteiger partial charge on any atom is 0.255 e. The van der Waals surface area contributed by atoms with Crippen LogP contribution in [-0.2, 0) is 11.3 Å². The van der Waals surface area contributed by atoms with Crippen molar-refractivity contribution in [3.05, 3.63) is 66.4 Å². The van der Waals surface area contributed by atoms with Gasteiger partial charge in [-0.2, -0.15) is 5.10 Å². The third-order valence-corrected chi connectivity index (χ3v) is 5.52. The van der Waals surface area contributed by atoms with E-state index in [9.17, 15) is 4.79 Å². The number of amides is 1. The predicted octanol–water partition coefficient (Wildman–Crippen LogP) is 3.83. The molecule has 1 amide bonds. The third-order valence-electron chi connectivity index (χ3n) is 4.97. The smallest absolute Gasteiger partial charge is 0.255 e. The first-order valence-electron chi connectivity index (χ1n) is 10.8. The molecule has 0 aliphatic rings. The Bertz CT molecular complexity index is 1250. The number of hydrogen-bond donors (Lipinski definition) is 2. The van der Waals surface area contributed by atoms with Crippen LogP contribution in [-0.4, -0.2) is 58.7 Å². The molecule has 0 saturated carbocycles. The van der Waals surface area contributed by atoms with Crippen LogP contribution in [0.1, 0.15) is 10.4 Å². The number of nitrogens with zero attached hydrogens (tertiary/aromatic N) is 4. The molecule has 0 spiro atoms. The normalized spacial score (nSPS) is 10.9. The van der Waals surface area contributed by atoms with E-state index in [0.717, 1.165) is 5.39 Å². The molecule has 0 unspecified atom stereocenters.